The molecular formula is C23H23N3O2S2. The van der Waals surface area contributed by atoms with Crippen LogP contribution in [0.5, 0.6) is 0 Å². The predicted octanol–water partition coefficient (Wildman–Crippen LogP) is 3.74. The van der Waals surface area contributed by atoms with Crippen molar-refractivity contribution in [3.63, 3.8) is 0 Å². The maximum absolute atomic E-state index is 13.2. The Morgan fingerprint density at radius 3 is 2.50 bits per heavy atom. The zero-order chi connectivity index (χ0) is 20.9. The summed E-state index contributed by atoms with van der Waals surface area (Å²) in [5.41, 5.74) is 2.94. The lowest BCUT2D eigenvalue weighted by molar-refractivity contribution is -0.118. The molecule has 3 aromatic rings. The molecule has 1 aliphatic heterocycles. The van der Waals surface area contributed by atoms with Gasteiger partial charge in [-0.2, -0.15) is 0 Å². The average molecular weight is 438 g/mol. The van der Waals surface area contributed by atoms with Gasteiger partial charge < -0.3 is 5.32 Å². The molecule has 0 radical (unpaired) electrons. The molecule has 1 aromatic heterocycles. The molecule has 0 saturated carbocycles. The number of fused-ring (bicyclic) bond motifs is 1. The van der Waals surface area contributed by atoms with E-state index in [1.54, 1.807) is 16.3 Å². The molecule has 1 N–H and O–H groups in total. The SMILES string of the molecule is C[C@@H]1Cc2nc(SCC(=O)NCc3ccccc3)n(Cc3ccccc3)c(=O)c2S1. The molecule has 0 fully saturated rings. The molecule has 1 amide bonds. The normalized spacial score (nSPS) is 15.0. The highest BCUT2D eigenvalue weighted by molar-refractivity contribution is 8.00. The maximum atomic E-state index is 13.2. The number of carbonyl (C=O) groups is 1. The van der Waals surface area contributed by atoms with E-state index in [-0.39, 0.29) is 17.2 Å². The van der Waals surface area contributed by atoms with Crippen molar-refractivity contribution in [3.8, 4) is 0 Å². The summed E-state index contributed by atoms with van der Waals surface area (Å²) >= 11 is 2.92. The number of benzene rings is 2. The molecule has 5 nitrogen and oxygen atoms in total. The van der Waals surface area contributed by atoms with E-state index in [0.29, 0.717) is 23.5 Å². The summed E-state index contributed by atoms with van der Waals surface area (Å²) in [4.78, 5) is 31.1. The highest BCUT2D eigenvalue weighted by Crippen LogP contribution is 2.34. The fourth-order valence-electron chi connectivity index (χ4n) is 3.32. The molecule has 30 heavy (non-hydrogen) atoms. The Balaban J connectivity index is 1.51. The van der Waals surface area contributed by atoms with Gasteiger partial charge in [0.05, 0.1) is 22.9 Å². The fourth-order valence-corrected chi connectivity index (χ4v) is 5.28. The fraction of sp³-hybridized carbons (Fsp3) is 0.261. The quantitative estimate of drug-likeness (QED) is 0.451. The third-order valence-corrected chi connectivity index (χ3v) is 7.00. The third-order valence-electron chi connectivity index (χ3n) is 4.81. The second-order valence-corrected chi connectivity index (χ2v) is 9.62. The monoisotopic (exact) mass is 437 g/mol. The van der Waals surface area contributed by atoms with Crippen molar-refractivity contribution >= 4 is 29.4 Å². The Bertz CT molecular complexity index is 1080. The van der Waals surface area contributed by atoms with E-state index in [0.717, 1.165) is 28.1 Å². The first-order valence-electron chi connectivity index (χ1n) is 9.88. The van der Waals surface area contributed by atoms with Gasteiger partial charge in [-0.1, -0.05) is 79.3 Å². The Morgan fingerprint density at radius 1 is 1.13 bits per heavy atom. The van der Waals surface area contributed by atoms with Crippen LogP contribution in [-0.2, 0) is 24.3 Å². The summed E-state index contributed by atoms with van der Waals surface area (Å²) in [5.74, 6) is 0.142. The number of hydrogen-bond donors (Lipinski definition) is 1. The van der Waals surface area contributed by atoms with Crippen LogP contribution in [-0.4, -0.2) is 26.5 Å². The van der Waals surface area contributed by atoms with Gasteiger partial charge in [0, 0.05) is 18.2 Å². The molecular weight excluding hydrogens is 414 g/mol. The summed E-state index contributed by atoms with van der Waals surface area (Å²) in [6.45, 7) is 3.04. The van der Waals surface area contributed by atoms with Crippen LogP contribution in [0.15, 0.2) is 75.5 Å². The zero-order valence-electron chi connectivity index (χ0n) is 16.7. The van der Waals surface area contributed by atoms with Gasteiger partial charge in [-0.05, 0) is 11.1 Å². The van der Waals surface area contributed by atoms with Gasteiger partial charge in [-0.15, -0.1) is 11.8 Å². The van der Waals surface area contributed by atoms with Crippen LogP contribution in [0.1, 0.15) is 23.7 Å². The van der Waals surface area contributed by atoms with E-state index >= 15 is 0 Å². The molecule has 0 unspecified atom stereocenters. The van der Waals surface area contributed by atoms with E-state index in [1.807, 2.05) is 60.7 Å². The minimum absolute atomic E-state index is 0.00889. The number of aromatic nitrogens is 2. The summed E-state index contributed by atoms with van der Waals surface area (Å²) in [6, 6.07) is 19.7. The highest BCUT2D eigenvalue weighted by atomic mass is 32.2. The lowest BCUT2D eigenvalue weighted by Gasteiger charge is -2.14. The molecule has 2 heterocycles. The minimum atomic E-state index is -0.0763. The number of nitrogens with zero attached hydrogens (tertiary/aromatic N) is 2. The first-order valence-corrected chi connectivity index (χ1v) is 11.7. The Labute approximate surface area is 184 Å². The standard InChI is InChI=1S/C23H23N3O2S2/c1-16-12-19-21(30-16)22(28)26(14-18-10-6-3-7-11-18)23(25-19)29-15-20(27)24-13-17-8-4-2-5-9-17/h2-11,16H,12-15H2,1H3,(H,24,27)/t16-/m1/s1. The summed E-state index contributed by atoms with van der Waals surface area (Å²) in [6.07, 6.45) is 0.787. The Morgan fingerprint density at radius 2 is 1.80 bits per heavy atom. The first kappa shape index (κ1) is 20.8. The van der Waals surface area contributed by atoms with Crippen molar-refractivity contribution < 1.29 is 4.79 Å². The molecule has 0 spiro atoms. The minimum Gasteiger partial charge on any atom is -0.351 e. The molecule has 0 bridgehead atoms. The second kappa shape index (κ2) is 9.53. The molecule has 0 aliphatic carbocycles. The summed E-state index contributed by atoms with van der Waals surface area (Å²) < 4.78 is 1.70. The van der Waals surface area contributed by atoms with Crippen LogP contribution in [0, 0.1) is 0 Å². The van der Waals surface area contributed by atoms with E-state index in [1.165, 1.54) is 11.8 Å². The van der Waals surface area contributed by atoms with Crippen molar-refractivity contribution in [2.24, 2.45) is 0 Å². The topological polar surface area (TPSA) is 64.0 Å². The van der Waals surface area contributed by atoms with E-state index in [2.05, 4.69) is 12.2 Å². The highest BCUT2D eigenvalue weighted by Gasteiger charge is 2.26. The van der Waals surface area contributed by atoms with Crippen LogP contribution in [0.3, 0.4) is 0 Å². The predicted molar refractivity (Wildman–Crippen MR) is 122 cm³/mol. The van der Waals surface area contributed by atoms with Gasteiger partial charge in [0.2, 0.25) is 5.91 Å². The largest absolute Gasteiger partial charge is 0.351 e. The first-order chi connectivity index (χ1) is 14.6. The number of thioether (sulfide) groups is 2. The van der Waals surface area contributed by atoms with E-state index in [9.17, 15) is 9.59 Å². The molecule has 2 aromatic carbocycles. The van der Waals surface area contributed by atoms with Gasteiger partial charge in [-0.3, -0.25) is 14.2 Å². The van der Waals surface area contributed by atoms with Crippen LogP contribution in [0.2, 0.25) is 0 Å². The van der Waals surface area contributed by atoms with Gasteiger partial charge in [0.25, 0.3) is 5.56 Å². The van der Waals surface area contributed by atoms with Crippen LogP contribution >= 0.6 is 23.5 Å². The van der Waals surface area contributed by atoms with Crippen LogP contribution in [0.25, 0.3) is 0 Å². The van der Waals surface area contributed by atoms with Gasteiger partial charge in [0.15, 0.2) is 5.16 Å². The molecule has 7 heteroatoms. The molecule has 1 atom stereocenters. The number of carbonyl (C=O) groups excluding carboxylic acids is 1. The Kier molecular flexibility index (Phi) is 6.59. The van der Waals surface area contributed by atoms with Crippen molar-refractivity contribution in [1.29, 1.82) is 0 Å². The molecule has 154 valence electrons. The molecule has 1 aliphatic rings. The average Bonchev–Trinajstić information content (AvgIpc) is 3.15. The number of nitrogens with one attached hydrogen (secondary N) is 1. The lowest BCUT2D eigenvalue weighted by Crippen LogP contribution is -2.28. The number of hydrogen-bond acceptors (Lipinski definition) is 5. The van der Waals surface area contributed by atoms with Gasteiger partial charge in [-0.25, -0.2) is 4.98 Å². The third kappa shape index (κ3) is 4.96. The smallest absolute Gasteiger partial charge is 0.268 e. The van der Waals surface area contributed by atoms with Crippen molar-refractivity contribution in [2.75, 3.05) is 5.75 Å². The maximum Gasteiger partial charge on any atom is 0.268 e. The van der Waals surface area contributed by atoms with Crippen molar-refractivity contribution in [3.05, 3.63) is 87.8 Å². The summed E-state index contributed by atoms with van der Waals surface area (Å²) in [5, 5.41) is 3.88. The summed E-state index contributed by atoms with van der Waals surface area (Å²) in [7, 11) is 0. The van der Waals surface area contributed by atoms with Gasteiger partial charge in [0.1, 0.15) is 0 Å². The lowest BCUT2D eigenvalue weighted by atomic mass is 10.2. The zero-order valence-corrected chi connectivity index (χ0v) is 18.3. The van der Waals surface area contributed by atoms with Crippen LogP contribution in [0.4, 0.5) is 0 Å². The van der Waals surface area contributed by atoms with Crippen molar-refractivity contribution in [1.82, 2.24) is 14.9 Å². The molecule has 4 rings (SSSR count). The van der Waals surface area contributed by atoms with E-state index < -0.39 is 0 Å². The van der Waals surface area contributed by atoms with Crippen LogP contribution < -0.4 is 10.9 Å². The van der Waals surface area contributed by atoms with Crippen molar-refractivity contribution in [2.45, 2.75) is 41.7 Å². The second-order valence-electron chi connectivity index (χ2n) is 7.23. The van der Waals surface area contributed by atoms with E-state index in [4.69, 9.17) is 4.98 Å². The van der Waals surface area contributed by atoms with Gasteiger partial charge >= 0.3 is 0 Å². The number of rotatable bonds is 7. The number of amides is 1. The molecule has 0 saturated heterocycles. The Hall–Kier alpha value is -2.51.